The highest BCUT2D eigenvalue weighted by Gasteiger charge is 2.29. The largest absolute Gasteiger partial charge is 0.478 e. The molecule has 0 saturated heterocycles. The third-order valence-electron chi connectivity index (χ3n) is 5.96. The molecule has 0 aliphatic heterocycles. The summed E-state index contributed by atoms with van der Waals surface area (Å²) in [6.07, 6.45) is -0.638. The third-order valence-corrected chi connectivity index (χ3v) is 5.96. The monoisotopic (exact) mass is 458 g/mol. The van der Waals surface area contributed by atoms with Gasteiger partial charge in [0, 0.05) is 18.4 Å². The number of aryl methyl sites for hydroxylation is 1. The molecule has 1 atom stereocenters. The van der Waals surface area contributed by atoms with E-state index in [1.807, 2.05) is 36.4 Å². The van der Waals surface area contributed by atoms with E-state index >= 15 is 0 Å². The number of nitrogens with one attached hydrogen (secondary N) is 2. The Labute approximate surface area is 197 Å². The molecule has 1 aliphatic carbocycles. The van der Waals surface area contributed by atoms with Crippen molar-refractivity contribution in [3.05, 3.63) is 89.0 Å². The van der Waals surface area contributed by atoms with Crippen molar-refractivity contribution in [1.29, 1.82) is 0 Å². The van der Waals surface area contributed by atoms with Crippen LogP contribution in [0, 0.1) is 6.92 Å². The molecule has 174 valence electrons. The predicted molar refractivity (Wildman–Crippen MR) is 129 cm³/mol. The number of hydrogen-bond donors (Lipinski definition) is 3. The first-order valence-electron chi connectivity index (χ1n) is 11.1. The van der Waals surface area contributed by atoms with Crippen LogP contribution in [0.1, 0.15) is 46.3 Å². The van der Waals surface area contributed by atoms with E-state index in [4.69, 9.17) is 4.74 Å². The number of carbonyl (C=O) groups is 3. The van der Waals surface area contributed by atoms with Crippen LogP contribution >= 0.6 is 0 Å². The van der Waals surface area contributed by atoms with E-state index < -0.39 is 24.0 Å². The highest BCUT2D eigenvalue weighted by Crippen LogP contribution is 2.44. The average Bonchev–Trinajstić information content (AvgIpc) is 3.11. The fourth-order valence-corrected chi connectivity index (χ4v) is 4.43. The fourth-order valence-electron chi connectivity index (χ4n) is 4.43. The minimum atomic E-state index is -1.11. The summed E-state index contributed by atoms with van der Waals surface area (Å²) >= 11 is 0. The van der Waals surface area contributed by atoms with Crippen molar-refractivity contribution in [3.8, 4) is 11.1 Å². The maximum Gasteiger partial charge on any atom is 0.407 e. The maximum absolute atomic E-state index is 12.4. The summed E-state index contributed by atoms with van der Waals surface area (Å²) in [5, 5.41) is 14.7. The number of rotatable bonds is 7. The summed E-state index contributed by atoms with van der Waals surface area (Å²) in [5.74, 6) is -1.56. The molecule has 3 aromatic rings. The van der Waals surface area contributed by atoms with Gasteiger partial charge in [0.05, 0.1) is 11.3 Å². The van der Waals surface area contributed by atoms with Gasteiger partial charge >= 0.3 is 12.1 Å². The van der Waals surface area contributed by atoms with Gasteiger partial charge in [0.15, 0.2) is 0 Å². The number of ether oxygens (including phenoxy) is 1. The van der Waals surface area contributed by atoms with Gasteiger partial charge in [0.2, 0.25) is 5.91 Å². The van der Waals surface area contributed by atoms with Crippen molar-refractivity contribution in [1.82, 2.24) is 5.32 Å². The molecule has 0 spiro atoms. The number of anilines is 1. The second kappa shape index (κ2) is 9.79. The Kier molecular flexibility index (Phi) is 6.63. The maximum atomic E-state index is 12.4. The van der Waals surface area contributed by atoms with E-state index in [2.05, 4.69) is 22.8 Å². The lowest BCUT2D eigenvalue weighted by molar-refractivity contribution is -0.116. The van der Waals surface area contributed by atoms with Crippen LogP contribution in [0.25, 0.3) is 11.1 Å². The molecule has 4 rings (SSSR count). The summed E-state index contributed by atoms with van der Waals surface area (Å²) in [6.45, 7) is 3.54. The number of carbonyl (C=O) groups excluding carboxylic acids is 2. The first-order valence-corrected chi connectivity index (χ1v) is 11.1. The molecular weight excluding hydrogens is 432 g/mol. The summed E-state index contributed by atoms with van der Waals surface area (Å²) in [4.78, 5) is 36.4. The molecule has 0 bridgehead atoms. The van der Waals surface area contributed by atoms with Gasteiger partial charge in [-0.1, -0.05) is 60.7 Å². The summed E-state index contributed by atoms with van der Waals surface area (Å²) < 4.78 is 5.52. The zero-order valence-electron chi connectivity index (χ0n) is 19.0. The van der Waals surface area contributed by atoms with Gasteiger partial charge < -0.3 is 20.5 Å². The lowest BCUT2D eigenvalue weighted by Crippen LogP contribution is -2.36. The predicted octanol–water partition coefficient (Wildman–Crippen LogP) is 4.95. The van der Waals surface area contributed by atoms with E-state index in [0.29, 0.717) is 5.56 Å². The normalized spacial score (nSPS) is 12.9. The summed E-state index contributed by atoms with van der Waals surface area (Å²) in [6, 6.07) is 20.5. The van der Waals surface area contributed by atoms with E-state index in [-0.39, 0.29) is 30.2 Å². The number of aromatic carboxylic acids is 1. The second-order valence-corrected chi connectivity index (χ2v) is 8.43. The van der Waals surface area contributed by atoms with Crippen LogP contribution in [0.3, 0.4) is 0 Å². The molecule has 0 aromatic heterocycles. The molecule has 3 aromatic carbocycles. The third kappa shape index (κ3) is 4.78. The van der Waals surface area contributed by atoms with E-state index in [9.17, 15) is 19.5 Å². The number of hydrogen-bond acceptors (Lipinski definition) is 4. The quantitative estimate of drug-likeness (QED) is 0.465. The number of carboxylic acid groups (broad SMARTS) is 1. The van der Waals surface area contributed by atoms with Crippen LogP contribution in [-0.2, 0) is 9.53 Å². The zero-order chi connectivity index (χ0) is 24.2. The van der Waals surface area contributed by atoms with E-state index in [1.165, 1.54) is 6.07 Å². The van der Waals surface area contributed by atoms with Gasteiger partial charge in [-0.15, -0.1) is 0 Å². The van der Waals surface area contributed by atoms with Crippen molar-refractivity contribution in [2.45, 2.75) is 32.2 Å². The van der Waals surface area contributed by atoms with Crippen LogP contribution < -0.4 is 10.6 Å². The lowest BCUT2D eigenvalue weighted by Gasteiger charge is -2.17. The van der Waals surface area contributed by atoms with Crippen molar-refractivity contribution in [2.24, 2.45) is 0 Å². The average molecular weight is 459 g/mol. The summed E-state index contributed by atoms with van der Waals surface area (Å²) in [7, 11) is 0. The van der Waals surface area contributed by atoms with Crippen LogP contribution in [0.4, 0.5) is 10.5 Å². The number of alkyl carbamates (subject to hydrolysis) is 1. The van der Waals surface area contributed by atoms with Gasteiger partial charge in [0.25, 0.3) is 0 Å². The highest BCUT2D eigenvalue weighted by molar-refractivity contribution is 6.01. The van der Waals surface area contributed by atoms with Gasteiger partial charge in [-0.3, -0.25) is 4.79 Å². The fraction of sp³-hybridized carbons (Fsp3) is 0.222. The first kappa shape index (κ1) is 23.0. The number of benzene rings is 3. The van der Waals surface area contributed by atoms with Gasteiger partial charge in [-0.05, 0) is 47.7 Å². The molecule has 0 fully saturated rings. The molecule has 2 amide bonds. The minimum absolute atomic E-state index is 0.0306. The lowest BCUT2D eigenvalue weighted by atomic mass is 9.98. The Morgan fingerprint density at radius 2 is 1.56 bits per heavy atom. The SMILES string of the molecule is Cc1cccc(NC(=O)C[C@@H](C)NC(=O)OCC2c3ccccc3-c3ccccc32)c1C(=O)O. The van der Waals surface area contributed by atoms with E-state index in [1.54, 1.807) is 26.0 Å². The van der Waals surface area contributed by atoms with Crippen LogP contribution in [0.2, 0.25) is 0 Å². The molecule has 0 heterocycles. The van der Waals surface area contributed by atoms with Crippen LogP contribution in [0.5, 0.6) is 0 Å². The topological polar surface area (TPSA) is 105 Å². The molecule has 7 nitrogen and oxygen atoms in total. The second-order valence-electron chi connectivity index (χ2n) is 8.43. The molecule has 34 heavy (non-hydrogen) atoms. The molecular formula is C27H26N2O5. The highest BCUT2D eigenvalue weighted by atomic mass is 16.5. The summed E-state index contributed by atoms with van der Waals surface area (Å²) in [5.41, 5.74) is 5.37. The Balaban J connectivity index is 1.33. The Morgan fingerprint density at radius 1 is 0.941 bits per heavy atom. The Hall–Kier alpha value is -4.13. The van der Waals surface area contributed by atoms with Crippen LogP contribution in [0.15, 0.2) is 66.7 Å². The first-order chi connectivity index (χ1) is 16.3. The van der Waals surface area contributed by atoms with Gasteiger partial charge in [0.1, 0.15) is 6.61 Å². The number of amides is 2. The molecule has 1 aliphatic rings. The van der Waals surface area contributed by atoms with Crippen molar-refractivity contribution < 1.29 is 24.2 Å². The molecule has 0 saturated carbocycles. The van der Waals surface area contributed by atoms with Crippen LogP contribution in [-0.4, -0.2) is 35.7 Å². The van der Waals surface area contributed by atoms with Crippen molar-refractivity contribution in [2.75, 3.05) is 11.9 Å². The van der Waals surface area contributed by atoms with Crippen molar-refractivity contribution >= 4 is 23.7 Å². The van der Waals surface area contributed by atoms with E-state index in [0.717, 1.165) is 22.3 Å². The number of fused-ring (bicyclic) bond motifs is 3. The Morgan fingerprint density at radius 3 is 2.18 bits per heavy atom. The Bertz CT molecular complexity index is 1210. The molecule has 0 unspecified atom stereocenters. The number of carboxylic acids is 1. The standard InChI is InChI=1S/C27H26N2O5/c1-16-8-7-13-23(25(16)26(31)32)29-24(30)14-17(2)28-27(33)34-15-22-20-11-5-3-9-18(20)19-10-4-6-12-21(19)22/h3-13,17,22H,14-15H2,1-2H3,(H,28,33)(H,29,30)(H,31,32)/t17-/m1/s1. The molecule has 0 radical (unpaired) electrons. The van der Waals surface area contributed by atoms with Gasteiger partial charge in [-0.25, -0.2) is 9.59 Å². The zero-order valence-corrected chi connectivity index (χ0v) is 19.0. The molecule has 3 N–H and O–H groups in total. The molecule has 7 heteroatoms. The minimum Gasteiger partial charge on any atom is -0.478 e. The van der Waals surface area contributed by atoms with Gasteiger partial charge in [-0.2, -0.15) is 0 Å². The smallest absolute Gasteiger partial charge is 0.407 e. The van der Waals surface area contributed by atoms with Crippen molar-refractivity contribution in [3.63, 3.8) is 0 Å².